The van der Waals surface area contributed by atoms with Crippen molar-refractivity contribution in [2.24, 2.45) is 0 Å². The van der Waals surface area contributed by atoms with Crippen LogP contribution >= 0.6 is 0 Å². The molecule has 6 nitrogen and oxygen atoms in total. The first-order valence-electron chi connectivity index (χ1n) is 7.90. The number of Topliss-reactive ketones (excluding diaryl/α,β-unsaturated/α-hetero) is 1. The lowest BCUT2D eigenvalue weighted by molar-refractivity contribution is 0.0471. The van der Waals surface area contributed by atoms with Gasteiger partial charge < -0.3 is 19.7 Å². The maximum atomic E-state index is 13.4. The highest BCUT2D eigenvalue weighted by atomic mass is 19.1. The fraction of sp³-hybridized carbons (Fsp3) is 0.100. The van der Waals surface area contributed by atoms with E-state index in [4.69, 9.17) is 9.47 Å². The molecule has 2 N–H and O–H groups in total. The normalized spacial score (nSPS) is 10.6. The van der Waals surface area contributed by atoms with Gasteiger partial charge in [-0.2, -0.15) is 0 Å². The number of phenols is 2. The largest absolute Gasteiger partial charge is 0.507 e. The van der Waals surface area contributed by atoms with E-state index in [0.29, 0.717) is 5.39 Å². The Morgan fingerprint density at radius 3 is 2.41 bits per heavy atom. The number of rotatable bonds is 5. The Hall–Kier alpha value is -3.61. The van der Waals surface area contributed by atoms with Crippen molar-refractivity contribution in [2.45, 2.75) is 0 Å². The quantitative estimate of drug-likeness (QED) is 0.406. The maximum absolute atomic E-state index is 13.4. The molecule has 3 aromatic rings. The number of ketones is 1. The standard InChI is InChI=1S/C20H15FO6/c1-26-18-7-6-11(21)8-14(18)17(23)10-27-20(25)15-9-16(22)12-4-2-3-5-13(12)19(15)24/h2-9,22,24H,10H2,1H3. The fourth-order valence-corrected chi connectivity index (χ4v) is 2.68. The van der Waals surface area contributed by atoms with Crippen LogP contribution in [0.15, 0.2) is 48.5 Å². The third-order valence-electron chi connectivity index (χ3n) is 4.01. The summed E-state index contributed by atoms with van der Waals surface area (Å²) >= 11 is 0. The summed E-state index contributed by atoms with van der Waals surface area (Å²) in [6, 6.07) is 10.9. The molecule has 0 fully saturated rings. The first-order chi connectivity index (χ1) is 12.9. The zero-order valence-corrected chi connectivity index (χ0v) is 14.2. The molecular weight excluding hydrogens is 355 g/mol. The monoisotopic (exact) mass is 370 g/mol. The number of phenolic OH excluding ortho intramolecular Hbond substituents is 2. The van der Waals surface area contributed by atoms with Gasteiger partial charge in [0.25, 0.3) is 0 Å². The van der Waals surface area contributed by atoms with Crippen LogP contribution in [0.1, 0.15) is 20.7 Å². The molecule has 7 heteroatoms. The number of ether oxygens (including phenoxy) is 2. The number of esters is 1. The SMILES string of the molecule is COc1ccc(F)cc1C(=O)COC(=O)c1cc(O)c2ccccc2c1O. The van der Waals surface area contributed by atoms with Gasteiger partial charge in [-0.3, -0.25) is 4.79 Å². The molecule has 0 saturated heterocycles. The molecule has 0 unspecified atom stereocenters. The summed E-state index contributed by atoms with van der Waals surface area (Å²) in [5.74, 6) is -2.76. The molecule has 0 heterocycles. The van der Waals surface area contributed by atoms with Crippen LogP contribution in [-0.4, -0.2) is 35.7 Å². The average Bonchev–Trinajstić information content (AvgIpc) is 2.68. The van der Waals surface area contributed by atoms with Gasteiger partial charge in [-0.05, 0) is 24.3 Å². The minimum absolute atomic E-state index is 0.0733. The van der Waals surface area contributed by atoms with E-state index >= 15 is 0 Å². The molecule has 0 spiro atoms. The molecule has 0 aliphatic carbocycles. The van der Waals surface area contributed by atoms with Crippen LogP contribution in [0.4, 0.5) is 4.39 Å². The van der Waals surface area contributed by atoms with E-state index in [0.717, 1.165) is 18.2 Å². The molecule has 0 radical (unpaired) electrons. The van der Waals surface area contributed by atoms with Crippen LogP contribution < -0.4 is 4.74 Å². The summed E-state index contributed by atoms with van der Waals surface area (Å²) in [7, 11) is 1.33. The molecule has 27 heavy (non-hydrogen) atoms. The summed E-state index contributed by atoms with van der Waals surface area (Å²) in [6.45, 7) is -0.689. The summed E-state index contributed by atoms with van der Waals surface area (Å²) in [5.41, 5.74) is -0.360. The molecule has 3 aromatic carbocycles. The van der Waals surface area contributed by atoms with E-state index < -0.39 is 24.2 Å². The predicted octanol–water partition coefficient (Wildman–Crippen LogP) is 3.44. The van der Waals surface area contributed by atoms with Gasteiger partial charge >= 0.3 is 5.97 Å². The minimum Gasteiger partial charge on any atom is -0.507 e. The van der Waals surface area contributed by atoms with Gasteiger partial charge in [-0.1, -0.05) is 24.3 Å². The molecule has 138 valence electrons. The molecule has 0 amide bonds. The van der Waals surface area contributed by atoms with Gasteiger partial charge in [0.2, 0.25) is 5.78 Å². The van der Waals surface area contributed by atoms with Crippen LogP contribution in [0.2, 0.25) is 0 Å². The number of halogens is 1. The van der Waals surface area contributed by atoms with Crippen LogP contribution in [0.5, 0.6) is 17.2 Å². The fourth-order valence-electron chi connectivity index (χ4n) is 2.68. The second-order valence-corrected chi connectivity index (χ2v) is 5.68. The van der Waals surface area contributed by atoms with Gasteiger partial charge in [-0.15, -0.1) is 0 Å². The molecule has 0 aliphatic rings. The Morgan fingerprint density at radius 1 is 1.00 bits per heavy atom. The molecular formula is C20H15FO6. The lowest BCUT2D eigenvalue weighted by atomic mass is 10.0. The van der Waals surface area contributed by atoms with Crippen molar-refractivity contribution in [3.8, 4) is 17.2 Å². The van der Waals surface area contributed by atoms with Gasteiger partial charge in [0.1, 0.15) is 28.6 Å². The van der Waals surface area contributed by atoms with E-state index in [9.17, 15) is 24.2 Å². The summed E-state index contributed by atoms with van der Waals surface area (Å²) in [4.78, 5) is 24.5. The van der Waals surface area contributed by atoms with E-state index in [-0.39, 0.29) is 33.8 Å². The predicted molar refractivity (Wildman–Crippen MR) is 94.8 cm³/mol. The lowest BCUT2D eigenvalue weighted by Crippen LogP contribution is -2.15. The van der Waals surface area contributed by atoms with E-state index in [2.05, 4.69) is 0 Å². The van der Waals surface area contributed by atoms with Crippen molar-refractivity contribution in [1.82, 2.24) is 0 Å². The molecule has 0 bridgehead atoms. The smallest absolute Gasteiger partial charge is 0.342 e. The number of carbonyl (C=O) groups is 2. The van der Waals surface area contributed by atoms with Gasteiger partial charge in [-0.25, -0.2) is 9.18 Å². The number of hydrogen-bond donors (Lipinski definition) is 2. The highest BCUT2D eigenvalue weighted by molar-refractivity contribution is 6.05. The molecule has 0 aromatic heterocycles. The molecule has 3 rings (SSSR count). The first-order valence-corrected chi connectivity index (χ1v) is 7.90. The van der Waals surface area contributed by atoms with Crippen molar-refractivity contribution >= 4 is 22.5 Å². The number of hydrogen-bond acceptors (Lipinski definition) is 6. The third-order valence-corrected chi connectivity index (χ3v) is 4.01. The Balaban J connectivity index is 1.83. The topological polar surface area (TPSA) is 93.1 Å². The van der Waals surface area contributed by atoms with Crippen molar-refractivity contribution in [1.29, 1.82) is 0 Å². The Morgan fingerprint density at radius 2 is 1.70 bits per heavy atom. The molecule has 0 saturated carbocycles. The summed E-state index contributed by atoms with van der Waals surface area (Å²) < 4.78 is 23.3. The van der Waals surface area contributed by atoms with Crippen LogP contribution in [0.25, 0.3) is 10.8 Å². The number of aromatic hydroxyl groups is 2. The van der Waals surface area contributed by atoms with Crippen LogP contribution in [0, 0.1) is 5.82 Å². The Bertz CT molecular complexity index is 1040. The summed E-state index contributed by atoms with van der Waals surface area (Å²) in [6.07, 6.45) is 0. The molecule has 0 aliphatic heterocycles. The highest BCUT2D eigenvalue weighted by Crippen LogP contribution is 2.35. The molecule has 0 atom stereocenters. The van der Waals surface area contributed by atoms with Crippen molar-refractivity contribution in [3.05, 3.63) is 65.5 Å². The highest BCUT2D eigenvalue weighted by Gasteiger charge is 2.21. The van der Waals surface area contributed by atoms with E-state index in [1.165, 1.54) is 19.2 Å². The Kier molecular flexibility index (Phi) is 4.94. The summed E-state index contributed by atoms with van der Waals surface area (Å²) in [5, 5.41) is 20.9. The number of methoxy groups -OCH3 is 1. The van der Waals surface area contributed by atoms with Gasteiger partial charge in [0, 0.05) is 10.8 Å². The maximum Gasteiger partial charge on any atom is 0.342 e. The lowest BCUT2D eigenvalue weighted by Gasteiger charge is -2.11. The third kappa shape index (κ3) is 3.52. The van der Waals surface area contributed by atoms with Gasteiger partial charge in [0.15, 0.2) is 6.61 Å². The number of carbonyl (C=O) groups excluding carboxylic acids is 2. The second kappa shape index (κ2) is 7.33. The van der Waals surface area contributed by atoms with E-state index in [1.54, 1.807) is 18.2 Å². The number of benzene rings is 3. The first kappa shape index (κ1) is 18.2. The van der Waals surface area contributed by atoms with Crippen LogP contribution in [-0.2, 0) is 4.74 Å². The van der Waals surface area contributed by atoms with Crippen molar-refractivity contribution in [3.63, 3.8) is 0 Å². The minimum atomic E-state index is -1.00. The zero-order valence-electron chi connectivity index (χ0n) is 14.2. The van der Waals surface area contributed by atoms with Crippen molar-refractivity contribution in [2.75, 3.05) is 13.7 Å². The number of fused-ring (bicyclic) bond motifs is 1. The van der Waals surface area contributed by atoms with E-state index in [1.807, 2.05) is 0 Å². The second-order valence-electron chi connectivity index (χ2n) is 5.68. The average molecular weight is 370 g/mol. The van der Waals surface area contributed by atoms with Crippen molar-refractivity contribution < 1.29 is 33.7 Å². The Labute approximate surface area is 153 Å². The zero-order chi connectivity index (χ0) is 19.6. The van der Waals surface area contributed by atoms with Crippen LogP contribution in [0.3, 0.4) is 0 Å². The van der Waals surface area contributed by atoms with Gasteiger partial charge in [0.05, 0.1) is 12.7 Å².